The van der Waals surface area contributed by atoms with Crippen LogP contribution in [0.25, 0.3) is 11.0 Å². The molecule has 2 heterocycles. The van der Waals surface area contributed by atoms with Gasteiger partial charge >= 0.3 is 0 Å². The number of aromatic nitrogens is 2. The van der Waals surface area contributed by atoms with Gasteiger partial charge in [0.05, 0.1) is 23.3 Å². The van der Waals surface area contributed by atoms with Gasteiger partial charge in [0.2, 0.25) is 0 Å². The van der Waals surface area contributed by atoms with Gasteiger partial charge in [0.25, 0.3) is 0 Å². The second-order valence-electron chi connectivity index (χ2n) is 4.35. The van der Waals surface area contributed by atoms with Gasteiger partial charge < -0.3 is 10.1 Å². The number of fused-ring (bicyclic) bond motifs is 1. The van der Waals surface area contributed by atoms with Crippen LogP contribution in [0.2, 0.25) is 5.02 Å². The van der Waals surface area contributed by atoms with E-state index in [0.29, 0.717) is 10.8 Å². The molecule has 0 fully saturated rings. The maximum atomic E-state index is 6.14. The number of anilines is 2. The average Bonchev–Trinajstić information content (AvgIpc) is 2.47. The normalized spacial score (nSPS) is 10.6. The highest BCUT2D eigenvalue weighted by Crippen LogP contribution is 2.30. The summed E-state index contributed by atoms with van der Waals surface area (Å²) in [5.41, 5.74) is 3.34. The lowest BCUT2D eigenvalue weighted by atomic mass is 10.2. The maximum Gasteiger partial charge on any atom is 0.137 e. The molecule has 0 bridgehead atoms. The zero-order valence-corrected chi connectivity index (χ0v) is 13.4. The van der Waals surface area contributed by atoms with Crippen molar-refractivity contribution >= 4 is 49.9 Å². The molecule has 0 radical (unpaired) electrons. The standard InChI is InChI=1S/C15H11BrClN3O/c1-21-14-3-2-10(7-11(14)17)20-12-4-5-18-13-6-9(16)8-19-15(12)13/h2-8H,1H3,(H,18,20). The highest BCUT2D eigenvalue weighted by Gasteiger charge is 2.06. The SMILES string of the molecule is COc1ccc(Nc2ccnc3cc(Br)cnc23)cc1Cl. The van der Waals surface area contributed by atoms with Crippen LogP contribution in [0.3, 0.4) is 0 Å². The molecule has 0 saturated heterocycles. The quantitative estimate of drug-likeness (QED) is 0.725. The first-order chi connectivity index (χ1) is 10.2. The van der Waals surface area contributed by atoms with Crippen molar-refractivity contribution in [1.29, 1.82) is 0 Å². The minimum Gasteiger partial charge on any atom is -0.495 e. The van der Waals surface area contributed by atoms with Crippen molar-refractivity contribution in [2.24, 2.45) is 0 Å². The van der Waals surface area contributed by atoms with Crippen LogP contribution in [0.15, 0.2) is 47.2 Å². The maximum absolute atomic E-state index is 6.14. The van der Waals surface area contributed by atoms with E-state index in [2.05, 4.69) is 31.2 Å². The van der Waals surface area contributed by atoms with E-state index in [9.17, 15) is 0 Å². The van der Waals surface area contributed by atoms with Crippen molar-refractivity contribution in [3.63, 3.8) is 0 Å². The molecule has 21 heavy (non-hydrogen) atoms. The minimum absolute atomic E-state index is 0.552. The number of methoxy groups -OCH3 is 1. The van der Waals surface area contributed by atoms with Crippen LogP contribution in [0.5, 0.6) is 5.75 Å². The summed E-state index contributed by atoms with van der Waals surface area (Å²) in [6.07, 6.45) is 3.49. The third kappa shape index (κ3) is 2.94. The lowest BCUT2D eigenvalue weighted by Gasteiger charge is -2.10. The number of ether oxygens (including phenoxy) is 1. The molecule has 0 saturated carbocycles. The van der Waals surface area contributed by atoms with E-state index in [4.69, 9.17) is 16.3 Å². The molecule has 0 atom stereocenters. The van der Waals surface area contributed by atoms with Gasteiger partial charge in [0.15, 0.2) is 0 Å². The van der Waals surface area contributed by atoms with Gasteiger partial charge in [-0.15, -0.1) is 0 Å². The van der Waals surface area contributed by atoms with Crippen LogP contribution >= 0.6 is 27.5 Å². The van der Waals surface area contributed by atoms with Crippen LogP contribution in [-0.4, -0.2) is 17.1 Å². The molecule has 0 unspecified atom stereocenters. The van der Waals surface area contributed by atoms with E-state index in [-0.39, 0.29) is 0 Å². The minimum atomic E-state index is 0.552. The summed E-state index contributed by atoms with van der Waals surface area (Å²) < 4.78 is 6.04. The highest BCUT2D eigenvalue weighted by molar-refractivity contribution is 9.10. The van der Waals surface area contributed by atoms with E-state index in [1.54, 1.807) is 19.5 Å². The Labute approximate surface area is 135 Å². The second kappa shape index (κ2) is 5.87. The van der Waals surface area contributed by atoms with E-state index in [1.165, 1.54) is 0 Å². The van der Waals surface area contributed by atoms with Crippen molar-refractivity contribution < 1.29 is 4.74 Å². The summed E-state index contributed by atoms with van der Waals surface area (Å²) in [5.74, 6) is 0.642. The fourth-order valence-electron chi connectivity index (χ4n) is 2.01. The number of nitrogens with one attached hydrogen (secondary N) is 1. The Kier molecular flexibility index (Phi) is 3.94. The first-order valence-electron chi connectivity index (χ1n) is 6.18. The molecule has 3 rings (SSSR count). The molecule has 106 valence electrons. The number of halogens is 2. The van der Waals surface area contributed by atoms with Crippen molar-refractivity contribution in [2.45, 2.75) is 0 Å². The number of hydrogen-bond acceptors (Lipinski definition) is 4. The van der Waals surface area contributed by atoms with Crippen molar-refractivity contribution in [1.82, 2.24) is 9.97 Å². The lowest BCUT2D eigenvalue weighted by molar-refractivity contribution is 0.415. The molecule has 1 N–H and O–H groups in total. The topological polar surface area (TPSA) is 47.0 Å². The molecule has 2 aromatic heterocycles. The molecule has 3 aromatic rings. The first-order valence-corrected chi connectivity index (χ1v) is 7.35. The first kappa shape index (κ1) is 14.1. The van der Waals surface area contributed by atoms with Crippen LogP contribution in [0.4, 0.5) is 11.4 Å². The molecule has 0 aliphatic rings. The zero-order chi connectivity index (χ0) is 14.8. The van der Waals surface area contributed by atoms with E-state index >= 15 is 0 Å². The molecule has 0 aliphatic carbocycles. The molecule has 0 aliphatic heterocycles. The highest BCUT2D eigenvalue weighted by atomic mass is 79.9. The third-order valence-corrected chi connectivity index (χ3v) is 3.70. The summed E-state index contributed by atoms with van der Waals surface area (Å²) in [4.78, 5) is 8.71. The van der Waals surface area contributed by atoms with Crippen LogP contribution in [-0.2, 0) is 0 Å². The third-order valence-electron chi connectivity index (χ3n) is 2.97. The van der Waals surface area contributed by atoms with Gasteiger partial charge in [-0.1, -0.05) is 11.6 Å². The Morgan fingerprint density at radius 1 is 1.19 bits per heavy atom. The molecule has 6 heteroatoms. The Hall–Kier alpha value is -1.85. The van der Waals surface area contributed by atoms with E-state index in [1.807, 2.05) is 30.3 Å². The van der Waals surface area contributed by atoms with E-state index in [0.717, 1.165) is 26.9 Å². The summed E-state index contributed by atoms with van der Waals surface area (Å²) in [5, 5.41) is 3.85. The van der Waals surface area contributed by atoms with Gasteiger partial charge in [0.1, 0.15) is 11.3 Å². The molecule has 0 amide bonds. The Bertz CT molecular complexity index is 810. The fourth-order valence-corrected chi connectivity index (χ4v) is 2.58. The number of pyridine rings is 2. The lowest BCUT2D eigenvalue weighted by Crippen LogP contribution is -1.95. The molecular formula is C15H11BrClN3O. The summed E-state index contributed by atoms with van der Waals surface area (Å²) in [6.45, 7) is 0. The van der Waals surface area contributed by atoms with Gasteiger partial charge in [-0.2, -0.15) is 0 Å². The van der Waals surface area contributed by atoms with Crippen LogP contribution < -0.4 is 10.1 Å². The number of benzene rings is 1. The Morgan fingerprint density at radius 2 is 2.05 bits per heavy atom. The smallest absolute Gasteiger partial charge is 0.137 e. The summed E-state index contributed by atoms with van der Waals surface area (Å²) in [7, 11) is 1.59. The molecule has 0 spiro atoms. The van der Waals surface area contributed by atoms with Crippen molar-refractivity contribution in [3.05, 3.63) is 52.2 Å². The molecule has 4 nitrogen and oxygen atoms in total. The van der Waals surface area contributed by atoms with Gasteiger partial charge in [0, 0.05) is 22.6 Å². The summed E-state index contributed by atoms with van der Waals surface area (Å²) >= 11 is 9.53. The van der Waals surface area contributed by atoms with Crippen molar-refractivity contribution in [2.75, 3.05) is 12.4 Å². The summed E-state index contributed by atoms with van der Waals surface area (Å²) in [6, 6.07) is 9.33. The van der Waals surface area contributed by atoms with Crippen LogP contribution in [0.1, 0.15) is 0 Å². The number of rotatable bonds is 3. The number of nitrogens with zero attached hydrogens (tertiary/aromatic N) is 2. The van der Waals surface area contributed by atoms with Gasteiger partial charge in [-0.3, -0.25) is 9.97 Å². The largest absolute Gasteiger partial charge is 0.495 e. The molecular weight excluding hydrogens is 354 g/mol. The van der Waals surface area contributed by atoms with Crippen molar-refractivity contribution in [3.8, 4) is 5.75 Å². The Morgan fingerprint density at radius 3 is 2.81 bits per heavy atom. The zero-order valence-electron chi connectivity index (χ0n) is 11.1. The number of hydrogen-bond donors (Lipinski definition) is 1. The van der Waals surface area contributed by atoms with Gasteiger partial charge in [-0.25, -0.2) is 0 Å². The predicted octanol–water partition coefficient (Wildman–Crippen LogP) is 4.80. The molecule has 1 aromatic carbocycles. The van der Waals surface area contributed by atoms with Crippen LogP contribution in [0, 0.1) is 0 Å². The van der Waals surface area contributed by atoms with E-state index < -0.39 is 0 Å². The van der Waals surface area contributed by atoms with Gasteiger partial charge in [-0.05, 0) is 46.3 Å². The Balaban J connectivity index is 2.00. The fraction of sp³-hybridized carbons (Fsp3) is 0.0667. The predicted molar refractivity (Wildman–Crippen MR) is 88.5 cm³/mol. The second-order valence-corrected chi connectivity index (χ2v) is 5.68. The monoisotopic (exact) mass is 363 g/mol. The average molecular weight is 365 g/mol.